The molecule has 4 N–H and O–H groups in total. The molecule has 8 heteroatoms. The molecule has 0 saturated heterocycles. The molecule has 19 heavy (non-hydrogen) atoms. The SMILES string of the molecule is NC(C(=O)O)c1csc(Nc2cc(F)cc(F)c2)n1. The van der Waals surface area contributed by atoms with Gasteiger partial charge < -0.3 is 16.2 Å². The Balaban J connectivity index is 2.18. The van der Waals surface area contributed by atoms with Gasteiger partial charge in [-0.2, -0.15) is 0 Å². The summed E-state index contributed by atoms with van der Waals surface area (Å²) in [4.78, 5) is 14.6. The van der Waals surface area contributed by atoms with Crippen molar-refractivity contribution >= 4 is 28.1 Å². The number of thiazole rings is 1. The number of carboxylic acids is 1. The predicted molar refractivity (Wildman–Crippen MR) is 66.3 cm³/mol. The lowest BCUT2D eigenvalue weighted by Gasteiger charge is -2.03. The first-order chi connectivity index (χ1) is 8.95. The second-order valence-corrected chi connectivity index (χ2v) is 4.53. The lowest BCUT2D eigenvalue weighted by Crippen LogP contribution is -2.20. The van der Waals surface area contributed by atoms with Crippen LogP contribution in [0.1, 0.15) is 11.7 Å². The van der Waals surface area contributed by atoms with Crippen molar-refractivity contribution in [3.63, 3.8) is 0 Å². The Kier molecular flexibility index (Phi) is 3.72. The Bertz CT molecular complexity index is 597. The Labute approximate surface area is 110 Å². The van der Waals surface area contributed by atoms with Gasteiger partial charge in [0.25, 0.3) is 0 Å². The number of nitrogens with one attached hydrogen (secondary N) is 1. The maximum absolute atomic E-state index is 13.0. The van der Waals surface area contributed by atoms with Crippen molar-refractivity contribution in [2.45, 2.75) is 6.04 Å². The Morgan fingerprint density at radius 2 is 2.00 bits per heavy atom. The fourth-order valence-corrected chi connectivity index (χ4v) is 2.13. The summed E-state index contributed by atoms with van der Waals surface area (Å²) in [6.45, 7) is 0. The second-order valence-electron chi connectivity index (χ2n) is 3.68. The largest absolute Gasteiger partial charge is 0.480 e. The average molecular weight is 285 g/mol. The Morgan fingerprint density at radius 3 is 2.58 bits per heavy atom. The molecular weight excluding hydrogens is 276 g/mol. The van der Waals surface area contributed by atoms with Gasteiger partial charge in [-0.1, -0.05) is 0 Å². The van der Waals surface area contributed by atoms with Crippen LogP contribution in [0, 0.1) is 11.6 Å². The molecule has 0 aliphatic heterocycles. The first kappa shape index (κ1) is 13.4. The number of aromatic nitrogens is 1. The fourth-order valence-electron chi connectivity index (χ4n) is 1.36. The van der Waals surface area contributed by atoms with Crippen LogP contribution in [-0.4, -0.2) is 16.1 Å². The summed E-state index contributed by atoms with van der Waals surface area (Å²) >= 11 is 1.09. The molecule has 1 unspecified atom stereocenters. The number of hydrogen-bond donors (Lipinski definition) is 3. The maximum Gasteiger partial charge on any atom is 0.326 e. The number of benzene rings is 1. The summed E-state index contributed by atoms with van der Waals surface area (Å²) in [6.07, 6.45) is 0. The third-order valence-corrected chi connectivity index (χ3v) is 3.00. The molecule has 2 aromatic rings. The number of rotatable bonds is 4. The van der Waals surface area contributed by atoms with Crippen LogP contribution in [0.3, 0.4) is 0 Å². The maximum atomic E-state index is 13.0. The van der Waals surface area contributed by atoms with Crippen LogP contribution in [0.25, 0.3) is 0 Å². The van der Waals surface area contributed by atoms with E-state index >= 15 is 0 Å². The van der Waals surface area contributed by atoms with Crippen LogP contribution >= 0.6 is 11.3 Å². The highest BCUT2D eigenvalue weighted by atomic mass is 32.1. The van der Waals surface area contributed by atoms with E-state index in [1.165, 1.54) is 5.38 Å². The molecule has 0 saturated carbocycles. The topological polar surface area (TPSA) is 88.2 Å². The van der Waals surface area contributed by atoms with Crippen LogP contribution in [0.2, 0.25) is 0 Å². The van der Waals surface area contributed by atoms with Gasteiger partial charge in [0.1, 0.15) is 17.7 Å². The number of nitrogens with two attached hydrogens (primary N) is 1. The molecule has 1 atom stereocenters. The molecule has 2 rings (SSSR count). The normalized spacial score (nSPS) is 12.2. The van der Waals surface area contributed by atoms with E-state index in [1.54, 1.807) is 0 Å². The standard InChI is InChI=1S/C11H9F2N3O2S/c12-5-1-6(13)3-7(2-5)15-11-16-8(4-19-11)9(14)10(17)18/h1-4,9H,14H2,(H,15,16)(H,17,18). The Morgan fingerprint density at radius 1 is 1.37 bits per heavy atom. The van der Waals surface area contributed by atoms with Crippen molar-refractivity contribution in [2.75, 3.05) is 5.32 Å². The third kappa shape index (κ3) is 3.24. The van der Waals surface area contributed by atoms with Gasteiger partial charge >= 0.3 is 5.97 Å². The van der Waals surface area contributed by atoms with Crippen LogP contribution in [0.4, 0.5) is 19.6 Å². The number of aliphatic carboxylic acids is 1. The van der Waals surface area contributed by atoms with Crippen molar-refractivity contribution in [3.05, 3.63) is 40.9 Å². The minimum atomic E-state index is -1.23. The number of anilines is 2. The molecule has 1 aromatic carbocycles. The molecule has 0 radical (unpaired) electrons. The highest BCUT2D eigenvalue weighted by Crippen LogP contribution is 2.24. The third-order valence-electron chi connectivity index (χ3n) is 2.22. The molecule has 0 spiro atoms. The number of hydrogen-bond acceptors (Lipinski definition) is 5. The molecule has 100 valence electrons. The van der Waals surface area contributed by atoms with E-state index in [4.69, 9.17) is 10.8 Å². The monoisotopic (exact) mass is 285 g/mol. The highest BCUT2D eigenvalue weighted by Gasteiger charge is 2.17. The van der Waals surface area contributed by atoms with Crippen LogP contribution in [0.5, 0.6) is 0 Å². The summed E-state index contributed by atoms with van der Waals surface area (Å²) in [5.41, 5.74) is 5.75. The van der Waals surface area contributed by atoms with Gasteiger partial charge in [0, 0.05) is 17.1 Å². The van der Waals surface area contributed by atoms with Gasteiger partial charge in [-0.25, -0.2) is 13.8 Å². The van der Waals surface area contributed by atoms with Crippen LogP contribution < -0.4 is 11.1 Å². The van der Waals surface area contributed by atoms with E-state index < -0.39 is 23.6 Å². The van der Waals surface area contributed by atoms with Crippen molar-refractivity contribution < 1.29 is 18.7 Å². The van der Waals surface area contributed by atoms with Crippen molar-refractivity contribution in [3.8, 4) is 0 Å². The molecular formula is C11H9F2N3O2S. The van der Waals surface area contributed by atoms with E-state index in [2.05, 4.69) is 10.3 Å². The predicted octanol–water partition coefficient (Wildman–Crippen LogP) is 2.25. The fraction of sp³-hybridized carbons (Fsp3) is 0.0909. The molecule has 0 fully saturated rings. The van der Waals surface area contributed by atoms with Gasteiger partial charge in [0.2, 0.25) is 0 Å². The smallest absolute Gasteiger partial charge is 0.326 e. The summed E-state index contributed by atoms with van der Waals surface area (Å²) in [5.74, 6) is -2.64. The quantitative estimate of drug-likeness (QED) is 0.802. The zero-order valence-electron chi connectivity index (χ0n) is 9.43. The zero-order chi connectivity index (χ0) is 14.0. The summed E-state index contributed by atoms with van der Waals surface area (Å²) in [6, 6.07) is 1.72. The number of nitrogens with zero attached hydrogens (tertiary/aromatic N) is 1. The van der Waals surface area contributed by atoms with E-state index in [1.807, 2.05) is 0 Å². The molecule has 0 amide bonds. The molecule has 5 nitrogen and oxygen atoms in total. The molecule has 1 aromatic heterocycles. The molecule has 1 heterocycles. The lowest BCUT2D eigenvalue weighted by molar-refractivity contribution is -0.138. The van der Waals surface area contributed by atoms with Gasteiger partial charge in [-0.05, 0) is 12.1 Å². The van der Waals surface area contributed by atoms with Crippen molar-refractivity contribution in [2.24, 2.45) is 5.73 Å². The van der Waals surface area contributed by atoms with E-state index in [-0.39, 0.29) is 11.4 Å². The number of carboxylic acid groups (broad SMARTS) is 1. The van der Waals surface area contributed by atoms with Crippen molar-refractivity contribution in [1.29, 1.82) is 0 Å². The van der Waals surface area contributed by atoms with Gasteiger partial charge in [0.05, 0.1) is 5.69 Å². The highest BCUT2D eigenvalue weighted by molar-refractivity contribution is 7.13. The zero-order valence-corrected chi connectivity index (χ0v) is 10.2. The van der Waals surface area contributed by atoms with Gasteiger partial charge in [0.15, 0.2) is 5.13 Å². The number of carbonyl (C=O) groups is 1. The molecule has 0 aliphatic rings. The summed E-state index contributed by atoms with van der Waals surface area (Å²) < 4.78 is 26.0. The van der Waals surface area contributed by atoms with E-state index in [0.29, 0.717) is 5.13 Å². The molecule has 0 bridgehead atoms. The minimum Gasteiger partial charge on any atom is -0.480 e. The molecule has 0 aliphatic carbocycles. The number of halogens is 2. The lowest BCUT2D eigenvalue weighted by atomic mass is 10.2. The van der Waals surface area contributed by atoms with E-state index in [0.717, 1.165) is 29.5 Å². The van der Waals surface area contributed by atoms with E-state index in [9.17, 15) is 13.6 Å². The average Bonchev–Trinajstić information content (AvgIpc) is 2.74. The van der Waals surface area contributed by atoms with Gasteiger partial charge in [-0.15, -0.1) is 11.3 Å². The first-order valence-electron chi connectivity index (χ1n) is 5.12. The minimum absolute atomic E-state index is 0.178. The summed E-state index contributed by atoms with van der Waals surface area (Å²) in [5, 5.41) is 13.2. The van der Waals surface area contributed by atoms with Crippen LogP contribution in [0.15, 0.2) is 23.6 Å². The van der Waals surface area contributed by atoms with Crippen LogP contribution in [-0.2, 0) is 4.79 Å². The second kappa shape index (κ2) is 5.29. The summed E-state index contributed by atoms with van der Waals surface area (Å²) in [7, 11) is 0. The van der Waals surface area contributed by atoms with Gasteiger partial charge in [-0.3, -0.25) is 4.79 Å². The first-order valence-corrected chi connectivity index (χ1v) is 6.00. The van der Waals surface area contributed by atoms with Crippen molar-refractivity contribution in [1.82, 2.24) is 4.98 Å². The Hall–Kier alpha value is -2.06.